The first kappa shape index (κ1) is 16.2. The van der Waals surface area contributed by atoms with Crippen molar-refractivity contribution in [3.63, 3.8) is 0 Å². The molecule has 0 radical (unpaired) electrons. The quantitative estimate of drug-likeness (QED) is 0.732. The van der Waals surface area contributed by atoms with Crippen molar-refractivity contribution in [3.05, 3.63) is 51.6 Å². The Morgan fingerprint density at radius 3 is 2.62 bits per heavy atom. The summed E-state index contributed by atoms with van der Waals surface area (Å²) in [5.41, 5.74) is 1.12. The van der Waals surface area contributed by atoms with Gasteiger partial charge < -0.3 is 9.63 Å². The van der Waals surface area contributed by atoms with Crippen molar-refractivity contribution in [1.82, 2.24) is 10.1 Å². The van der Waals surface area contributed by atoms with E-state index in [1.807, 2.05) is 0 Å². The van der Waals surface area contributed by atoms with Crippen LogP contribution in [0.5, 0.6) is 0 Å². The van der Waals surface area contributed by atoms with E-state index >= 15 is 0 Å². The largest absolute Gasteiger partial charge is 0.477 e. The fraction of sp³-hybridized carbons (Fsp3) is 0.0667. The maximum absolute atomic E-state index is 12.2. The van der Waals surface area contributed by atoms with Crippen molar-refractivity contribution >= 4 is 39.9 Å². The molecule has 0 aliphatic carbocycles. The number of carboxylic acid groups (broad SMARTS) is 1. The van der Waals surface area contributed by atoms with Crippen LogP contribution in [0.4, 0.5) is 5.13 Å². The molecule has 2 heterocycles. The molecule has 24 heavy (non-hydrogen) atoms. The molecule has 0 atom stereocenters. The number of nitrogens with one attached hydrogen (secondary N) is 1. The molecule has 0 spiro atoms. The van der Waals surface area contributed by atoms with Gasteiger partial charge in [-0.15, -0.1) is 0 Å². The van der Waals surface area contributed by atoms with Gasteiger partial charge in [-0.2, -0.15) is 0 Å². The highest BCUT2D eigenvalue weighted by Gasteiger charge is 2.18. The van der Waals surface area contributed by atoms with Gasteiger partial charge in [-0.25, -0.2) is 9.78 Å². The Morgan fingerprint density at radius 2 is 2.00 bits per heavy atom. The fourth-order valence-electron chi connectivity index (χ4n) is 1.94. The maximum atomic E-state index is 12.2. The number of aromatic nitrogens is 2. The SMILES string of the molecule is Cc1nc(NC(=O)c2cc(-c3ccc(Cl)cc3)on2)sc1C(=O)O. The Labute approximate surface area is 144 Å². The van der Waals surface area contributed by atoms with Gasteiger partial charge in [0, 0.05) is 16.7 Å². The number of carboxylic acids is 1. The van der Waals surface area contributed by atoms with E-state index in [1.165, 1.54) is 6.07 Å². The molecule has 7 nitrogen and oxygen atoms in total. The van der Waals surface area contributed by atoms with Crippen LogP contribution in [0.15, 0.2) is 34.9 Å². The van der Waals surface area contributed by atoms with Gasteiger partial charge >= 0.3 is 5.97 Å². The second-order valence-electron chi connectivity index (χ2n) is 4.78. The Bertz CT molecular complexity index is 917. The Kier molecular flexibility index (Phi) is 4.32. The second kappa shape index (κ2) is 6.42. The topological polar surface area (TPSA) is 105 Å². The lowest BCUT2D eigenvalue weighted by atomic mass is 10.1. The fourth-order valence-corrected chi connectivity index (χ4v) is 2.87. The van der Waals surface area contributed by atoms with Crippen LogP contribution in [0.2, 0.25) is 5.02 Å². The molecule has 0 fully saturated rings. The normalized spacial score (nSPS) is 10.6. The number of halogens is 1. The molecule has 0 saturated heterocycles. The highest BCUT2D eigenvalue weighted by Crippen LogP contribution is 2.25. The van der Waals surface area contributed by atoms with Crippen LogP contribution < -0.4 is 5.32 Å². The highest BCUT2D eigenvalue weighted by molar-refractivity contribution is 7.17. The van der Waals surface area contributed by atoms with Crippen LogP contribution in [-0.2, 0) is 0 Å². The van der Waals surface area contributed by atoms with Crippen LogP contribution in [0.1, 0.15) is 25.9 Å². The van der Waals surface area contributed by atoms with Crippen molar-refractivity contribution < 1.29 is 19.2 Å². The first-order valence-electron chi connectivity index (χ1n) is 6.69. The van der Waals surface area contributed by atoms with Gasteiger partial charge in [-0.1, -0.05) is 28.1 Å². The molecule has 9 heteroatoms. The monoisotopic (exact) mass is 363 g/mol. The summed E-state index contributed by atoms with van der Waals surface area (Å²) >= 11 is 6.70. The molecular formula is C15H10ClN3O4S. The zero-order valence-electron chi connectivity index (χ0n) is 12.2. The molecule has 3 aromatic rings. The minimum absolute atomic E-state index is 0.0599. The van der Waals surface area contributed by atoms with E-state index in [1.54, 1.807) is 31.2 Å². The van der Waals surface area contributed by atoms with Gasteiger partial charge in [0.05, 0.1) is 5.69 Å². The van der Waals surface area contributed by atoms with Crippen molar-refractivity contribution in [2.24, 2.45) is 0 Å². The minimum atomic E-state index is -1.09. The number of amides is 1. The molecule has 0 aliphatic heterocycles. The van der Waals surface area contributed by atoms with Crippen molar-refractivity contribution in [3.8, 4) is 11.3 Å². The van der Waals surface area contributed by atoms with E-state index in [0.717, 1.165) is 16.9 Å². The summed E-state index contributed by atoms with van der Waals surface area (Å²) in [6.45, 7) is 1.56. The van der Waals surface area contributed by atoms with Crippen LogP contribution >= 0.6 is 22.9 Å². The molecule has 2 aromatic heterocycles. The van der Waals surface area contributed by atoms with E-state index in [9.17, 15) is 9.59 Å². The number of hydrogen-bond donors (Lipinski definition) is 2. The lowest BCUT2D eigenvalue weighted by molar-refractivity contribution is 0.0701. The molecule has 0 aliphatic rings. The summed E-state index contributed by atoms with van der Waals surface area (Å²) in [5.74, 6) is -1.21. The summed E-state index contributed by atoms with van der Waals surface area (Å²) < 4.78 is 5.15. The van der Waals surface area contributed by atoms with E-state index in [0.29, 0.717) is 16.5 Å². The number of rotatable bonds is 4. The number of thiazole rings is 1. The average molecular weight is 364 g/mol. The summed E-state index contributed by atoms with van der Waals surface area (Å²) in [7, 11) is 0. The van der Waals surface area contributed by atoms with E-state index in [2.05, 4.69) is 15.5 Å². The number of hydrogen-bond acceptors (Lipinski definition) is 6. The van der Waals surface area contributed by atoms with Crippen molar-refractivity contribution in [2.75, 3.05) is 5.32 Å². The number of carbonyl (C=O) groups excluding carboxylic acids is 1. The van der Waals surface area contributed by atoms with Crippen LogP contribution in [0.25, 0.3) is 11.3 Å². The van der Waals surface area contributed by atoms with Gasteiger partial charge in [0.15, 0.2) is 16.6 Å². The maximum Gasteiger partial charge on any atom is 0.347 e. The van der Waals surface area contributed by atoms with E-state index < -0.39 is 11.9 Å². The molecule has 0 unspecified atom stereocenters. The Balaban J connectivity index is 1.77. The minimum Gasteiger partial charge on any atom is -0.477 e. The lowest BCUT2D eigenvalue weighted by Gasteiger charge is -1.96. The summed E-state index contributed by atoms with van der Waals surface area (Å²) in [6.07, 6.45) is 0. The number of aryl methyl sites for hydroxylation is 1. The molecule has 1 amide bonds. The third-order valence-electron chi connectivity index (χ3n) is 3.08. The van der Waals surface area contributed by atoms with E-state index in [4.69, 9.17) is 21.2 Å². The molecule has 1 aromatic carbocycles. The predicted molar refractivity (Wildman–Crippen MR) is 88.7 cm³/mol. The van der Waals surface area contributed by atoms with Crippen LogP contribution in [-0.4, -0.2) is 27.1 Å². The lowest BCUT2D eigenvalue weighted by Crippen LogP contribution is -2.11. The molecule has 0 saturated carbocycles. The molecule has 0 bridgehead atoms. The zero-order valence-corrected chi connectivity index (χ0v) is 13.8. The van der Waals surface area contributed by atoms with Crippen molar-refractivity contribution in [1.29, 1.82) is 0 Å². The van der Waals surface area contributed by atoms with Gasteiger partial charge in [0.1, 0.15) is 4.88 Å². The summed E-state index contributed by atoms with van der Waals surface area (Å²) in [5, 5.41) is 16.0. The molecule has 3 rings (SSSR count). The Hall–Kier alpha value is -2.71. The number of anilines is 1. The van der Waals surface area contributed by atoms with Crippen LogP contribution in [0.3, 0.4) is 0 Å². The first-order chi connectivity index (χ1) is 11.4. The highest BCUT2D eigenvalue weighted by atomic mass is 35.5. The summed E-state index contributed by atoms with van der Waals surface area (Å²) in [4.78, 5) is 27.2. The summed E-state index contributed by atoms with van der Waals surface area (Å²) in [6, 6.07) is 8.37. The molecule has 2 N–H and O–H groups in total. The number of benzene rings is 1. The third kappa shape index (κ3) is 3.29. The Morgan fingerprint density at radius 1 is 1.29 bits per heavy atom. The van der Waals surface area contributed by atoms with Gasteiger partial charge in [0.25, 0.3) is 5.91 Å². The smallest absolute Gasteiger partial charge is 0.347 e. The van der Waals surface area contributed by atoms with Gasteiger partial charge in [-0.3, -0.25) is 10.1 Å². The van der Waals surface area contributed by atoms with Gasteiger partial charge in [0.2, 0.25) is 0 Å². The predicted octanol–water partition coefficient (Wildman–Crippen LogP) is 3.71. The average Bonchev–Trinajstić information content (AvgIpc) is 3.15. The van der Waals surface area contributed by atoms with Crippen molar-refractivity contribution in [2.45, 2.75) is 6.92 Å². The standard InChI is InChI=1S/C15H10ClN3O4S/c1-7-12(14(21)22)24-15(17-7)18-13(20)10-6-11(23-19-10)8-2-4-9(16)5-3-8/h2-6H,1H3,(H,21,22)(H,17,18,20). The first-order valence-corrected chi connectivity index (χ1v) is 7.88. The molecule has 122 valence electrons. The van der Waals surface area contributed by atoms with E-state index in [-0.39, 0.29) is 15.7 Å². The van der Waals surface area contributed by atoms with Gasteiger partial charge in [-0.05, 0) is 31.2 Å². The number of nitrogens with zero attached hydrogens (tertiary/aromatic N) is 2. The molecular weight excluding hydrogens is 354 g/mol. The second-order valence-corrected chi connectivity index (χ2v) is 6.21. The number of aromatic carboxylic acids is 1. The third-order valence-corrected chi connectivity index (χ3v) is 4.40. The van der Waals surface area contributed by atoms with Crippen LogP contribution in [0, 0.1) is 6.92 Å². The number of carbonyl (C=O) groups is 2. The zero-order chi connectivity index (χ0) is 17.3.